The summed E-state index contributed by atoms with van der Waals surface area (Å²) in [7, 11) is -3.32. The van der Waals surface area contributed by atoms with Gasteiger partial charge < -0.3 is 5.32 Å². The van der Waals surface area contributed by atoms with E-state index in [0.29, 0.717) is 5.69 Å². The van der Waals surface area contributed by atoms with E-state index in [4.69, 9.17) is 0 Å². The Hall–Kier alpha value is -1.66. The molecule has 0 bridgehead atoms. The first-order valence-corrected chi connectivity index (χ1v) is 8.66. The number of carbonyl (C=O) groups excluding carboxylic acids is 1. The highest BCUT2D eigenvalue weighted by molar-refractivity contribution is 7.88. The fourth-order valence-corrected chi connectivity index (χ4v) is 2.61. The normalized spacial score (nSPS) is 11.4. The van der Waals surface area contributed by atoms with E-state index in [1.807, 2.05) is 24.3 Å². The Kier molecular flexibility index (Phi) is 6.58. The van der Waals surface area contributed by atoms with E-state index in [0.717, 1.165) is 12.7 Å². The topological polar surface area (TPSA) is 66.5 Å². The molecule has 6 heteroatoms. The van der Waals surface area contributed by atoms with Crippen LogP contribution in [0.15, 0.2) is 36.9 Å². The van der Waals surface area contributed by atoms with Gasteiger partial charge in [0.15, 0.2) is 0 Å². The molecule has 0 aliphatic heterocycles. The zero-order chi connectivity index (χ0) is 15.9. The third-order valence-electron chi connectivity index (χ3n) is 3.04. The van der Waals surface area contributed by atoms with Gasteiger partial charge >= 0.3 is 0 Å². The van der Waals surface area contributed by atoms with Crippen molar-refractivity contribution in [3.63, 3.8) is 0 Å². The van der Waals surface area contributed by atoms with Crippen molar-refractivity contribution in [3.8, 4) is 0 Å². The number of hydrogen-bond donors (Lipinski definition) is 1. The van der Waals surface area contributed by atoms with Gasteiger partial charge in [-0.2, -0.15) is 4.31 Å². The van der Waals surface area contributed by atoms with Crippen LogP contribution in [0.1, 0.15) is 18.9 Å². The van der Waals surface area contributed by atoms with Gasteiger partial charge in [-0.05, 0) is 24.1 Å². The molecule has 1 aromatic rings. The van der Waals surface area contributed by atoms with E-state index < -0.39 is 10.0 Å². The predicted octanol–water partition coefficient (Wildman–Crippen LogP) is 2.03. The smallest absolute Gasteiger partial charge is 0.225 e. The van der Waals surface area contributed by atoms with Crippen LogP contribution < -0.4 is 5.32 Å². The molecule has 116 valence electrons. The first-order valence-electron chi connectivity index (χ1n) is 6.81. The quantitative estimate of drug-likeness (QED) is 0.747. The molecule has 1 aromatic carbocycles. The number of nitrogens with one attached hydrogen (secondary N) is 1. The maximum Gasteiger partial charge on any atom is 0.225 e. The molecule has 0 saturated heterocycles. The zero-order valence-corrected chi connectivity index (χ0v) is 13.3. The van der Waals surface area contributed by atoms with E-state index in [9.17, 15) is 13.2 Å². The average molecular weight is 310 g/mol. The van der Waals surface area contributed by atoms with E-state index in [-0.39, 0.29) is 25.4 Å². The maximum absolute atomic E-state index is 11.8. The van der Waals surface area contributed by atoms with Crippen LogP contribution in [-0.2, 0) is 21.2 Å². The van der Waals surface area contributed by atoms with Gasteiger partial charge in [0.05, 0.1) is 6.26 Å². The minimum Gasteiger partial charge on any atom is -0.326 e. The molecule has 21 heavy (non-hydrogen) atoms. The van der Waals surface area contributed by atoms with Crippen molar-refractivity contribution in [3.05, 3.63) is 42.5 Å². The Morgan fingerprint density at radius 2 is 1.95 bits per heavy atom. The molecule has 0 atom stereocenters. The molecule has 0 aliphatic rings. The van der Waals surface area contributed by atoms with Crippen LogP contribution in [0, 0.1) is 0 Å². The highest BCUT2D eigenvalue weighted by atomic mass is 32.2. The van der Waals surface area contributed by atoms with Gasteiger partial charge in [0.2, 0.25) is 15.9 Å². The highest BCUT2D eigenvalue weighted by Gasteiger charge is 2.16. The lowest BCUT2D eigenvalue weighted by atomic mass is 10.1. The second-order valence-corrected chi connectivity index (χ2v) is 6.74. The number of carbonyl (C=O) groups is 1. The summed E-state index contributed by atoms with van der Waals surface area (Å²) in [6, 6.07) is 7.59. The Labute approximate surface area is 126 Å². The average Bonchev–Trinajstić information content (AvgIpc) is 2.43. The Morgan fingerprint density at radius 3 is 2.43 bits per heavy atom. The fraction of sp³-hybridized carbons (Fsp3) is 0.400. The first-order chi connectivity index (χ1) is 9.86. The highest BCUT2D eigenvalue weighted by Crippen LogP contribution is 2.10. The zero-order valence-electron chi connectivity index (χ0n) is 12.5. The van der Waals surface area contributed by atoms with Crippen molar-refractivity contribution < 1.29 is 13.2 Å². The van der Waals surface area contributed by atoms with Gasteiger partial charge in [0.1, 0.15) is 0 Å². The summed E-state index contributed by atoms with van der Waals surface area (Å²) in [5, 5.41) is 2.76. The molecule has 0 radical (unpaired) electrons. The van der Waals surface area contributed by atoms with Crippen LogP contribution in [0.3, 0.4) is 0 Å². The van der Waals surface area contributed by atoms with Gasteiger partial charge in [-0.1, -0.05) is 25.1 Å². The lowest BCUT2D eigenvalue weighted by molar-refractivity contribution is -0.116. The molecule has 1 N–H and O–H groups in total. The molecule has 0 saturated carbocycles. The molecule has 0 aliphatic carbocycles. The number of sulfonamides is 1. The lowest BCUT2D eigenvalue weighted by Gasteiger charge is -2.17. The van der Waals surface area contributed by atoms with Crippen LogP contribution in [0.2, 0.25) is 0 Å². The molecular weight excluding hydrogens is 288 g/mol. The monoisotopic (exact) mass is 310 g/mol. The number of hydrogen-bond acceptors (Lipinski definition) is 3. The van der Waals surface area contributed by atoms with Crippen LogP contribution in [0.5, 0.6) is 0 Å². The van der Waals surface area contributed by atoms with Gasteiger partial charge in [-0.25, -0.2) is 8.42 Å². The van der Waals surface area contributed by atoms with Gasteiger partial charge in [-0.15, -0.1) is 6.58 Å². The number of amides is 1. The van der Waals surface area contributed by atoms with E-state index >= 15 is 0 Å². The van der Waals surface area contributed by atoms with Crippen molar-refractivity contribution >= 4 is 21.6 Å². The standard InChI is InChI=1S/C15H22N2O3S/c1-4-11-17(21(3,19)20)12-10-15(18)16-14-8-6-13(5-2)7-9-14/h4,6-9H,1,5,10-12H2,2-3H3,(H,16,18). The summed E-state index contributed by atoms with van der Waals surface area (Å²) < 4.78 is 24.2. The van der Waals surface area contributed by atoms with Crippen molar-refractivity contribution in [2.24, 2.45) is 0 Å². The van der Waals surface area contributed by atoms with Crippen LogP contribution in [0.4, 0.5) is 5.69 Å². The van der Waals surface area contributed by atoms with Crippen molar-refractivity contribution in [2.75, 3.05) is 24.7 Å². The number of aryl methyl sites for hydroxylation is 1. The summed E-state index contributed by atoms with van der Waals surface area (Å²) in [6.07, 6.45) is 3.68. The fourth-order valence-electron chi connectivity index (χ4n) is 1.81. The van der Waals surface area contributed by atoms with Crippen LogP contribution >= 0.6 is 0 Å². The van der Waals surface area contributed by atoms with Crippen molar-refractivity contribution in [1.29, 1.82) is 0 Å². The van der Waals surface area contributed by atoms with Gasteiger partial charge in [0, 0.05) is 25.2 Å². The molecule has 1 rings (SSSR count). The Balaban J connectivity index is 2.54. The summed E-state index contributed by atoms with van der Waals surface area (Å²) in [5.74, 6) is -0.211. The van der Waals surface area contributed by atoms with Crippen molar-refractivity contribution in [2.45, 2.75) is 19.8 Å². The number of anilines is 1. The predicted molar refractivity (Wildman–Crippen MR) is 85.7 cm³/mol. The molecule has 0 unspecified atom stereocenters. The Bertz CT molecular complexity index is 579. The molecule has 5 nitrogen and oxygen atoms in total. The summed E-state index contributed by atoms with van der Waals surface area (Å²) in [6.45, 7) is 5.93. The van der Waals surface area contributed by atoms with Crippen LogP contribution in [-0.4, -0.2) is 38.0 Å². The second-order valence-electron chi connectivity index (χ2n) is 4.76. The molecular formula is C15H22N2O3S. The van der Waals surface area contributed by atoms with Gasteiger partial charge in [-0.3, -0.25) is 4.79 Å². The SMILES string of the molecule is C=CCN(CCC(=O)Nc1ccc(CC)cc1)S(C)(=O)=O. The summed E-state index contributed by atoms with van der Waals surface area (Å²) in [4.78, 5) is 11.8. The lowest BCUT2D eigenvalue weighted by Crippen LogP contribution is -2.33. The minimum absolute atomic E-state index is 0.108. The van der Waals surface area contributed by atoms with E-state index in [1.54, 1.807) is 0 Å². The number of benzene rings is 1. The first kappa shape index (κ1) is 17.4. The second kappa shape index (κ2) is 7.95. The molecule has 0 heterocycles. The van der Waals surface area contributed by atoms with Crippen LogP contribution in [0.25, 0.3) is 0 Å². The number of rotatable bonds is 8. The Morgan fingerprint density at radius 1 is 1.33 bits per heavy atom. The molecule has 0 spiro atoms. The third kappa shape index (κ3) is 6.10. The minimum atomic E-state index is -3.32. The van der Waals surface area contributed by atoms with Gasteiger partial charge in [0.25, 0.3) is 0 Å². The largest absolute Gasteiger partial charge is 0.326 e. The third-order valence-corrected chi connectivity index (χ3v) is 4.31. The molecule has 0 aromatic heterocycles. The van der Waals surface area contributed by atoms with E-state index in [2.05, 4.69) is 18.8 Å². The number of nitrogens with zero attached hydrogens (tertiary/aromatic N) is 1. The van der Waals surface area contributed by atoms with E-state index in [1.165, 1.54) is 15.9 Å². The van der Waals surface area contributed by atoms with Crippen molar-refractivity contribution in [1.82, 2.24) is 4.31 Å². The summed E-state index contributed by atoms with van der Waals surface area (Å²) >= 11 is 0. The summed E-state index contributed by atoms with van der Waals surface area (Å²) in [5.41, 5.74) is 1.91. The molecule has 0 fully saturated rings. The molecule has 1 amide bonds. The maximum atomic E-state index is 11.8.